The Morgan fingerprint density at radius 1 is 1.37 bits per heavy atom. The lowest BCUT2D eigenvalue weighted by atomic mass is 10.0. The molecule has 0 spiro atoms. The molecule has 0 fully saturated rings. The Bertz CT molecular complexity index is 552. The summed E-state index contributed by atoms with van der Waals surface area (Å²) in [5, 5.41) is 5.37. The average Bonchev–Trinajstić information content (AvgIpc) is 2.89. The summed E-state index contributed by atoms with van der Waals surface area (Å²) in [6.45, 7) is 4.26. The molecular weight excluding hydrogens is 258 g/mol. The van der Waals surface area contributed by atoms with Crippen LogP contribution in [0.4, 0.5) is 5.82 Å². The van der Waals surface area contributed by atoms with Gasteiger partial charge in [0, 0.05) is 11.1 Å². The molecule has 5 heteroatoms. The summed E-state index contributed by atoms with van der Waals surface area (Å²) < 4.78 is 0. The number of pyridine rings is 1. The Hall–Kier alpha value is -1.88. The number of aromatic nitrogens is 1. The van der Waals surface area contributed by atoms with Gasteiger partial charge in [0.1, 0.15) is 5.82 Å². The third-order valence-corrected chi connectivity index (χ3v) is 3.84. The quantitative estimate of drug-likeness (QED) is 0.881. The number of nitrogens with one attached hydrogen (secondary N) is 1. The summed E-state index contributed by atoms with van der Waals surface area (Å²) in [4.78, 5) is 16.8. The van der Waals surface area contributed by atoms with Gasteiger partial charge in [-0.3, -0.25) is 4.79 Å². The topological polar surface area (TPSA) is 68.0 Å². The van der Waals surface area contributed by atoms with Crippen LogP contribution in [0.2, 0.25) is 0 Å². The first kappa shape index (κ1) is 13.5. The number of carbonyl (C=O) groups is 1. The Morgan fingerprint density at radius 2 is 2.16 bits per heavy atom. The van der Waals surface area contributed by atoms with Gasteiger partial charge < -0.3 is 11.1 Å². The lowest BCUT2D eigenvalue weighted by Gasteiger charge is -2.22. The van der Waals surface area contributed by atoms with Gasteiger partial charge in [-0.2, -0.15) is 0 Å². The van der Waals surface area contributed by atoms with Gasteiger partial charge in [-0.05, 0) is 29.5 Å². The number of nitrogens with zero attached hydrogens (tertiary/aromatic N) is 1. The molecule has 0 aliphatic rings. The molecular formula is C14H17N3OS. The average molecular weight is 275 g/mol. The van der Waals surface area contributed by atoms with Crippen molar-refractivity contribution in [3.8, 4) is 0 Å². The highest BCUT2D eigenvalue weighted by Gasteiger charge is 2.19. The van der Waals surface area contributed by atoms with E-state index in [0.29, 0.717) is 17.3 Å². The maximum atomic E-state index is 11.4. The fourth-order valence-electron chi connectivity index (χ4n) is 1.90. The lowest BCUT2D eigenvalue weighted by molar-refractivity contribution is 0.100. The van der Waals surface area contributed by atoms with Crippen LogP contribution in [0, 0.1) is 5.92 Å². The van der Waals surface area contributed by atoms with Crippen LogP contribution in [0.5, 0.6) is 0 Å². The van der Waals surface area contributed by atoms with Crippen LogP contribution in [0.25, 0.3) is 0 Å². The van der Waals surface area contributed by atoms with Crippen LogP contribution < -0.4 is 11.1 Å². The summed E-state index contributed by atoms with van der Waals surface area (Å²) in [5.74, 6) is 0.452. The molecule has 0 aliphatic carbocycles. The van der Waals surface area contributed by atoms with Crippen molar-refractivity contribution < 1.29 is 4.79 Å². The summed E-state index contributed by atoms with van der Waals surface area (Å²) in [7, 11) is 0. The molecule has 1 atom stereocenters. The van der Waals surface area contributed by atoms with Gasteiger partial charge in [0.25, 0.3) is 5.91 Å². The maximum Gasteiger partial charge on any atom is 0.252 e. The van der Waals surface area contributed by atoms with Crippen LogP contribution >= 0.6 is 11.3 Å². The number of anilines is 1. The summed E-state index contributed by atoms with van der Waals surface area (Å²) >= 11 is 1.69. The first-order valence-electron chi connectivity index (χ1n) is 6.14. The second-order valence-electron chi connectivity index (χ2n) is 4.65. The van der Waals surface area contributed by atoms with Crippen molar-refractivity contribution in [1.82, 2.24) is 4.98 Å². The van der Waals surface area contributed by atoms with Crippen molar-refractivity contribution >= 4 is 23.1 Å². The number of amides is 1. The van der Waals surface area contributed by atoms with E-state index in [0.717, 1.165) is 0 Å². The molecule has 0 aromatic carbocycles. The van der Waals surface area contributed by atoms with Gasteiger partial charge in [-0.15, -0.1) is 11.3 Å². The van der Waals surface area contributed by atoms with Crippen molar-refractivity contribution in [2.24, 2.45) is 11.7 Å². The molecule has 4 nitrogen and oxygen atoms in total. The van der Waals surface area contributed by atoms with E-state index < -0.39 is 5.91 Å². The van der Waals surface area contributed by atoms with Gasteiger partial charge in [0.15, 0.2) is 0 Å². The highest BCUT2D eigenvalue weighted by atomic mass is 32.1. The molecule has 2 rings (SSSR count). The predicted molar refractivity (Wildman–Crippen MR) is 78.3 cm³/mol. The van der Waals surface area contributed by atoms with E-state index >= 15 is 0 Å². The largest absolute Gasteiger partial charge is 0.365 e. The third-order valence-electron chi connectivity index (χ3n) is 2.88. The van der Waals surface area contributed by atoms with Gasteiger partial charge >= 0.3 is 0 Å². The second kappa shape index (κ2) is 5.84. The number of carbonyl (C=O) groups excluding carboxylic acids is 1. The molecule has 0 saturated carbocycles. The normalized spacial score (nSPS) is 12.4. The van der Waals surface area contributed by atoms with E-state index in [1.54, 1.807) is 29.7 Å². The van der Waals surface area contributed by atoms with Crippen molar-refractivity contribution in [2.75, 3.05) is 5.32 Å². The molecule has 2 heterocycles. The fraction of sp³-hybridized carbons (Fsp3) is 0.286. The van der Waals surface area contributed by atoms with E-state index in [-0.39, 0.29) is 6.04 Å². The molecule has 1 unspecified atom stereocenters. The van der Waals surface area contributed by atoms with E-state index in [1.807, 2.05) is 11.4 Å². The molecule has 0 bridgehead atoms. The fourth-order valence-corrected chi connectivity index (χ4v) is 2.85. The molecule has 3 N–H and O–H groups in total. The highest BCUT2D eigenvalue weighted by molar-refractivity contribution is 7.10. The number of nitrogens with two attached hydrogens (primary N) is 1. The zero-order chi connectivity index (χ0) is 13.8. The molecule has 2 aromatic heterocycles. The number of hydrogen-bond donors (Lipinski definition) is 2. The SMILES string of the molecule is CC(C)C(Nc1ncccc1C(N)=O)c1cccs1. The van der Waals surface area contributed by atoms with Crippen molar-refractivity contribution in [3.63, 3.8) is 0 Å². The van der Waals surface area contributed by atoms with E-state index in [1.165, 1.54) is 4.88 Å². The minimum Gasteiger partial charge on any atom is -0.365 e. The summed E-state index contributed by atoms with van der Waals surface area (Å²) in [5.41, 5.74) is 5.79. The highest BCUT2D eigenvalue weighted by Crippen LogP contribution is 2.29. The van der Waals surface area contributed by atoms with Crippen LogP contribution in [0.3, 0.4) is 0 Å². The number of hydrogen-bond acceptors (Lipinski definition) is 4. The number of thiophene rings is 1. The van der Waals surface area contributed by atoms with Crippen molar-refractivity contribution in [2.45, 2.75) is 19.9 Å². The lowest BCUT2D eigenvalue weighted by Crippen LogP contribution is -2.20. The smallest absolute Gasteiger partial charge is 0.252 e. The Kier molecular flexibility index (Phi) is 4.16. The molecule has 19 heavy (non-hydrogen) atoms. The Morgan fingerprint density at radius 3 is 2.74 bits per heavy atom. The zero-order valence-corrected chi connectivity index (χ0v) is 11.8. The summed E-state index contributed by atoms with van der Waals surface area (Å²) in [6, 6.07) is 7.61. The minimum atomic E-state index is -0.468. The zero-order valence-electron chi connectivity index (χ0n) is 11.0. The molecule has 0 saturated heterocycles. The van der Waals surface area contributed by atoms with E-state index in [4.69, 9.17) is 5.73 Å². The van der Waals surface area contributed by atoms with Crippen molar-refractivity contribution in [3.05, 3.63) is 46.3 Å². The van der Waals surface area contributed by atoms with Crippen molar-refractivity contribution in [1.29, 1.82) is 0 Å². The van der Waals surface area contributed by atoms with E-state index in [2.05, 4.69) is 30.2 Å². The van der Waals surface area contributed by atoms with Gasteiger partial charge in [-0.25, -0.2) is 4.98 Å². The molecule has 0 radical (unpaired) electrons. The van der Waals surface area contributed by atoms with Crippen LogP contribution in [0.1, 0.15) is 35.1 Å². The molecule has 1 amide bonds. The first-order valence-corrected chi connectivity index (χ1v) is 7.02. The third kappa shape index (κ3) is 3.12. The van der Waals surface area contributed by atoms with Gasteiger partial charge in [0.2, 0.25) is 0 Å². The predicted octanol–water partition coefficient (Wildman–Crippen LogP) is 3.05. The number of rotatable bonds is 5. The Labute approximate surface area is 116 Å². The monoisotopic (exact) mass is 275 g/mol. The first-order chi connectivity index (χ1) is 9.09. The maximum absolute atomic E-state index is 11.4. The van der Waals surface area contributed by atoms with Crippen LogP contribution in [-0.2, 0) is 0 Å². The molecule has 2 aromatic rings. The summed E-state index contributed by atoms with van der Waals surface area (Å²) in [6.07, 6.45) is 1.65. The second-order valence-corrected chi connectivity index (χ2v) is 5.62. The van der Waals surface area contributed by atoms with Crippen LogP contribution in [0.15, 0.2) is 35.8 Å². The Balaban J connectivity index is 2.30. The minimum absolute atomic E-state index is 0.119. The molecule has 0 aliphatic heterocycles. The van der Waals surface area contributed by atoms with Crippen LogP contribution in [-0.4, -0.2) is 10.9 Å². The standard InChI is InChI=1S/C14H17N3OS/c1-9(2)12(11-6-4-8-19-11)17-14-10(13(15)18)5-3-7-16-14/h3-9,12H,1-2H3,(H2,15,18)(H,16,17). The van der Waals surface area contributed by atoms with Gasteiger partial charge in [0.05, 0.1) is 11.6 Å². The van der Waals surface area contributed by atoms with E-state index in [9.17, 15) is 4.79 Å². The van der Waals surface area contributed by atoms with Gasteiger partial charge in [-0.1, -0.05) is 19.9 Å². The molecule has 100 valence electrons. The number of primary amides is 1.